The zero-order chi connectivity index (χ0) is 15.4. The Morgan fingerprint density at radius 1 is 1.29 bits per heavy atom. The van der Waals surface area contributed by atoms with E-state index in [0.717, 1.165) is 16.8 Å². The lowest BCUT2D eigenvalue weighted by Gasteiger charge is -2.13. The maximum absolute atomic E-state index is 11.9. The molecule has 110 valence electrons. The van der Waals surface area contributed by atoms with E-state index in [-0.39, 0.29) is 11.7 Å². The number of rotatable bonds is 5. The van der Waals surface area contributed by atoms with Crippen LogP contribution in [0.3, 0.4) is 0 Å². The van der Waals surface area contributed by atoms with Crippen LogP contribution in [0.1, 0.15) is 16.1 Å². The fourth-order valence-corrected chi connectivity index (χ4v) is 2.08. The fraction of sp³-hybridized carbons (Fsp3) is 0.250. The average molecular weight is 286 g/mol. The van der Waals surface area contributed by atoms with Crippen molar-refractivity contribution in [1.29, 1.82) is 0 Å². The SMILES string of the molecule is Cc1c(NC(=O)CN(C)C)cccc1-c1ccc(C=O)o1. The molecule has 2 aromatic rings. The molecule has 0 radical (unpaired) electrons. The van der Waals surface area contributed by atoms with Crippen molar-refractivity contribution in [1.82, 2.24) is 4.90 Å². The van der Waals surface area contributed by atoms with Crippen molar-refractivity contribution in [3.8, 4) is 11.3 Å². The van der Waals surface area contributed by atoms with Crippen molar-refractivity contribution in [2.24, 2.45) is 0 Å². The molecule has 0 unspecified atom stereocenters. The van der Waals surface area contributed by atoms with E-state index in [2.05, 4.69) is 5.32 Å². The van der Waals surface area contributed by atoms with Crippen LogP contribution in [0.2, 0.25) is 0 Å². The lowest BCUT2D eigenvalue weighted by Crippen LogP contribution is -2.27. The van der Waals surface area contributed by atoms with Crippen LogP contribution in [0, 0.1) is 6.92 Å². The van der Waals surface area contributed by atoms with Crippen molar-refractivity contribution >= 4 is 17.9 Å². The molecule has 0 saturated heterocycles. The number of anilines is 1. The highest BCUT2D eigenvalue weighted by molar-refractivity contribution is 5.94. The van der Waals surface area contributed by atoms with Gasteiger partial charge in [0.05, 0.1) is 6.54 Å². The van der Waals surface area contributed by atoms with Crippen LogP contribution in [0.4, 0.5) is 5.69 Å². The highest BCUT2D eigenvalue weighted by atomic mass is 16.3. The molecule has 1 aromatic heterocycles. The third-order valence-corrected chi connectivity index (χ3v) is 3.08. The summed E-state index contributed by atoms with van der Waals surface area (Å²) in [7, 11) is 3.68. The van der Waals surface area contributed by atoms with Crippen LogP contribution < -0.4 is 5.32 Å². The average Bonchev–Trinajstić information content (AvgIpc) is 2.89. The molecule has 0 bridgehead atoms. The summed E-state index contributed by atoms with van der Waals surface area (Å²) in [6.45, 7) is 2.23. The minimum absolute atomic E-state index is 0.0757. The Morgan fingerprint density at radius 3 is 2.67 bits per heavy atom. The van der Waals surface area contributed by atoms with Crippen LogP contribution >= 0.6 is 0 Å². The summed E-state index contributed by atoms with van der Waals surface area (Å²) in [6.07, 6.45) is 0.668. The lowest BCUT2D eigenvalue weighted by atomic mass is 10.0. The monoisotopic (exact) mass is 286 g/mol. The van der Waals surface area contributed by atoms with Crippen molar-refractivity contribution < 1.29 is 14.0 Å². The molecule has 1 aromatic carbocycles. The second-order valence-corrected chi connectivity index (χ2v) is 5.08. The zero-order valence-electron chi connectivity index (χ0n) is 12.3. The molecule has 1 N–H and O–H groups in total. The summed E-state index contributed by atoms with van der Waals surface area (Å²) in [5, 5.41) is 2.88. The number of nitrogens with zero attached hydrogens (tertiary/aromatic N) is 1. The van der Waals surface area contributed by atoms with Crippen LogP contribution in [-0.4, -0.2) is 37.7 Å². The molecule has 1 amide bonds. The number of benzene rings is 1. The minimum Gasteiger partial charge on any atom is -0.453 e. The Hall–Kier alpha value is -2.40. The van der Waals surface area contributed by atoms with Gasteiger partial charge in [-0.05, 0) is 44.8 Å². The molecule has 0 fully saturated rings. The van der Waals surface area contributed by atoms with E-state index in [9.17, 15) is 9.59 Å². The number of likely N-dealkylation sites (N-methyl/N-ethyl adjacent to an activating group) is 1. The van der Waals surface area contributed by atoms with Gasteiger partial charge in [-0.3, -0.25) is 9.59 Å². The van der Waals surface area contributed by atoms with Gasteiger partial charge in [-0.2, -0.15) is 0 Å². The highest BCUT2D eigenvalue weighted by Gasteiger charge is 2.12. The zero-order valence-corrected chi connectivity index (χ0v) is 12.3. The van der Waals surface area contributed by atoms with E-state index in [4.69, 9.17) is 4.42 Å². The first-order valence-corrected chi connectivity index (χ1v) is 6.61. The smallest absolute Gasteiger partial charge is 0.238 e. The predicted octanol–water partition coefficient (Wildman–Crippen LogP) is 2.57. The van der Waals surface area contributed by atoms with Crippen LogP contribution in [0.25, 0.3) is 11.3 Å². The summed E-state index contributed by atoms with van der Waals surface area (Å²) < 4.78 is 5.44. The summed E-state index contributed by atoms with van der Waals surface area (Å²) in [4.78, 5) is 24.3. The van der Waals surface area contributed by atoms with E-state index in [1.165, 1.54) is 0 Å². The van der Waals surface area contributed by atoms with Crippen molar-refractivity contribution in [2.75, 3.05) is 26.0 Å². The molecule has 0 aliphatic rings. The van der Waals surface area contributed by atoms with Crippen molar-refractivity contribution in [3.05, 3.63) is 41.7 Å². The van der Waals surface area contributed by atoms with E-state index < -0.39 is 0 Å². The van der Waals surface area contributed by atoms with E-state index in [0.29, 0.717) is 18.6 Å². The molecule has 2 rings (SSSR count). The number of amides is 1. The number of nitrogens with one attached hydrogen (secondary N) is 1. The molecule has 0 saturated carbocycles. The Morgan fingerprint density at radius 2 is 2.05 bits per heavy atom. The van der Waals surface area contributed by atoms with Gasteiger partial charge in [-0.1, -0.05) is 12.1 Å². The minimum atomic E-state index is -0.0757. The molecule has 1 heterocycles. The number of furan rings is 1. The van der Waals surface area contributed by atoms with E-state index in [1.807, 2.05) is 39.2 Å². The van der Waals surface area contributed by atoms with Gasteiger partial charge in [0, 0.05) is 11.3 Å². The third kappa shape index (κ3) is 3.58. The standard InChI is InChI=1S/C16H18N2O3/c1-11-13(15-8-7-12(10-19)21-15)5-4-6-14(11)17-16(20)9-18(2)3/h4-8,10H,9H2,1-3H3,(H,17,20). The molecule has 21 heavy (non-hydrogen) atoms. The topological polar surface area (TPSA) is 62.6 Å². The number of hydrogen-bond donors (Lipinski definition) is 1. The number of aldehydes is 1. The summed E-state index contributed by atoms with van der Waals surface area (Å²) in [6, 6.07) is 8.95. The molecule has 0 aliphatic heterocycles. The van der Waals surface area contributed by atoms with Gasteiger partial charge in [0.25, 0.3) is 0 Å². The number of carbonyl (C=O) groups is 2. The largest absolute Gasteiger partial charge is 0.453 e. The first-order chi connectivity index (χ1) is 10.0. The Balaban J connectivity index is 2.27. The lowest BCUT2D eigenvalue weighted by molar-refractivity contribution is -0.116. The highest BCUT2D eigenvalue weighted by Crippen LogP contribution is 2.29. The molecule has 5 heteroatoms. The normalized spacial score (nSPS) is 10.7. The maximum Gasteiger partial charge on any atom is 0.238 e. The Kier molecular flexibility index (Phi) is 4.55. The third-order valence-electron chi connectivity index (χ3n) is 3.08. The molecule has 0 spiro atoms. The van der Waals surface area contributed by atoms with Gasteiger partial charge in [0.2, 0.25) is 5.91 Å². The van der Waals surface area contributed by atoms with Crippen LogP contribution in [0.5, 0.6) is 0 Å². The molecular formula is C16H18N2O3. The second kappa shape index (κ2) is 6.37. The number of carbonyl (C=O) groups excluding carboxylic acids is 2. The van der Waals surface area contributed by atoms with Gasteiger partial charge in [-0.25, -0.2) is 0 Å². The first-order valence-electron chi connectivity index (χ1n) is 6.61. The maximum atomic E-state index is 11.9. The van der Waals surface area contributed by atoms with E-state index >= 15 is 0 Å². The van der Waals surface area contributed by atoms with Gasteiger partial charge < -0.3 is 14.6 Å². The van der Waals surface area contributed by atoms with Gasteiger partial charge in [-0.15, -0.1) is 0 Å². The fourth-order valence-electron chi connectivity index (χ4n) is 2.08. The van der Waals surface area contributed by atoms with Crippen molar-refractivity contribution in [2.45, 2.75) is 6.92 Å². The van der Waals surface area contributed by atoms with Crippen LogP contribution in [-0.2, 0) is 4.79 Å². The molecule has 0 aliphatic carbocycles. The summed E-state index contributed by atoms with van der Waals surface area (Å²) in [5.74, 6) is 0.818. The Labute approximate surface area is 123 Å². The number of hydrogen-bond acceptors (Lipinski definition) is 4. The summed E-state index contributed by atoms with van der Waals surface area (Å²) >= 11 is 0. The van der Waals surface area contributed by atoms with Crippen LogP contribution in [0.15, 0.2) is 34.7 Å². The second-order valence-electron chi connectivity index (χ2n) is 5.08. The predicted molar refractivity (Wildman–Crippen MR) is 81.5 cm³/mol. The van der Waals surface area contributed by atoms with Gasteiger partial charge in [0.1, 0.15) is 5.76 Å². The first kappa shape index (κ1) is 15.0. The molecule has 5 nitrogen and oxygen atoms in total. The van der Waals surface area contributed by atoms with Gasteiger partial charge >= 0.3 is 0 Å². The summed E-state index contributed by atoms with van der Waals surface area (Å²) in [5.41, 5.74) is 2.49. The Bertz CT molecular complexity index is 659. The molecular weight excluding hydrogens is 268 g/mol. The van der Waals surface area contributed by atoms with Crippen molar-refractivity contribution in [3.63, 3.8) is 0 Å². The molecule has 0 atom stereocenters. The quantitative estimate of drug-likeness (QED) is 0.858. The van der Waals surface area contributed by atoms with Gasteiger partial charge in [0.15, 0.2) is 12.0 Å². The van der Waals surface area contributed by atoms with E-state index in [1.54, 1.807) is 17.0 Å².